The molecule has 0 saturated carbocycles. The number of rotatable bonds is 26. The zero-order chi connectivity index (χ0) is 26.9. The average molecular weight is 513 g/mol. The van der Waals surface area contributed by atoms with E-state index >= 15 is 0 Å². The molecule has 0 aliphatic heterocycles. The lowest BCUT2D eigenvalue weighted by Gasteiger charge is -2.22. The minimum atomic E-state index is -1.04. The zero-order valence-electron chi connectivity index (χ0n) is 23.7. The first-order valence-electron chi connectivity index (χ1n) is 14.9. The first kappa shape index (κ1) is 34.4. The quantitative estimate of drug-likeness (QED) is 0.0922. The van der Waals surface area contributed by atoms with Crippen LogP contribution in [0.5, 0.6) is 0 Å². The Morgan fingerprint density at radius 1 is 0.556 bits per heavy atom. The summed E-state index contributed by atoms with van der Waals surface area (Å²) in [5.74, 6) is -1.95. The van der Waals surface area contributed by atoms with Crippen LogP contribution in [-0.2, 0) is 23.9 Å². The molecule has 0 spiro atoms. The second-order valence-corrected chi connectivity index (χ2v) is 10.4. The maximum atomic E-state index is 11.4. The van der Waals surface area contributed by atoms with Crippen LogP contribution in [0.3, 0.4) is 0 Å². The van der Waals surface area contributed by atoms with Crippen molar-refractivity contribution in [3.05, 3.63) is 0 Å². The smallest absolute Gasteiger partial charge is 0.307 e. The Morgan fingerprint density at radius 2 is 0.889 bits per heavy atom. The molecule has 0 radical (unpaired) electrons. The molecule has 6 nitrogen and oxygen atoms in total. The molecule has 212 valence electrons. The predicted octanol–water partition coefficient (Wildman–Crippen LogP) is 8.54. The molecule has 0 unspecified atom stereocenters. The van der Waals surface area contributed by atoms with Gasteiger partial charge in [0.15, 0.2) is 0 Å². The number of carbonyl (C=O) groups is 3. The molecule has 0 aromatic rings. The van der Waals surface area contributed by atoms with Crippen molar-refractivity contribution in [1.29, 1.82) is 0 Å². The van der Waals surface area contributed by atoms with Gasteiger partial charge in [-0.15, -0.1) is 0 Å². The fourth-order valence-electron chi connectivity index (χ4n) is 4.81. The van der Waals surface area contributed by atoms with Crippen molar-refractivity contribution in [2.75, 3.05) is 0 Å². The Balaban J connectivity index is 3.69. The van der Waals surface area contributed by atoms with Gasteiger partial charge in [-0.25, -0.2) is 0 Å². The number of esters is 2. The highest BCUT2D eigenvalue weighted by Crippen LogP contribution is 2.19. The molecule has 2 atom stereocenters. The van der Waals surface area contributed by atoms with E-state index in [4.69, 9.17) is 14.6 Å². The number of unbranched alkanes of at least 4 members (excludes halogenated alkanes) is 18. The Labute approximate surface area is 221 Å². The van der Waals surface area contributed by atoms with Crippen LogP contribution < -0.4 is 0 Å². The molecule has 0 rings (SSSR count). The molecule has 0 bridgehead atoms. The van der Waals surface area contributed by atoms with E-state index in [0.29, 0.717) is 6.42 Å². The van der Waals surface area contributed by atoms with Gasteiger partial charge in [0.1, 0.15) is 12.2 Å². The summed E-state index contributed by atoms with van der Waals surface area (Å²) in [6, 6.07) is 0. The van der Waals surface area contributed by atoms with E-state index < -0.39 is 30.1 Å². The molecular weight excluding hydrogens is 456 g/mol. The SMILES string of the molecule is CCCCCCCCCCCCCCCCCCCCC[C@H](C[C@H](CC(=O)O)OC(C)=O)OC(C)=O. The van der Waals surface area contributed by atoms with Gasteiger partial charge < -0.3 is 14.6 Å². The highest BCUT2D eigenvalue weighted by atomic mass is 16.6. The molecule has 0 aliphatic rings. The van der Waals surface area contributed by atoms with E-state index in [-0.39, 0.29) is 12.8 Å². The Kier molecular flexibility index (Phi) is 24.0. The third-order valence-electron chi connectivity index (χ3n) is 6.72. The third-order valence-corrected chi connectivity index (χ3v) is 6.72. The minimum absolute atomic E-state index is 0.227. The summed E-state index contributed by atoms with van der Waals surface area (Å²) in [6.07, 6.45) is 24.5. The van der Waals surface area contributed by atoms with Crippen LogP contribution in [0.1, 0.15) is 162 Å². The monoisotopic (exact) mass is 512 g/mol. The molecule has 0 saturated heterocycles. The summed E-state index contributed by atoms with van der Waals surface area (Å²) in [4.78, 5) is 33.7. The minimum Gasteiger partial charge on any atom is -0.481 e. The first-order chi connectivity index (χ1) is 17.3. The molecule has 0 aromatic heterocycles. The maximum Gasteiger partial charge on any atom is 0.307 e. The number of hydrogen-bond donors (Lipinski definition) is 1. The highest BCUT2D eigenvalue weighted by molar-refractivity contribution is 5.70. The van der Waals surface area contributed by atoms with Crippen molar-refractivity contribution in [2.45, 2.75) is 174 Å². The van der Waals surface area contributed by atoms with Crippen molar-refractivity contribution in [2.24, 2.45) is 0 Å². The molecule has 0 aliphatic carbocycles. The number of hydrogen-bond acceptors (Lipinski definition) is 5. The van der Waals surface area contributed by atoms with Crippen molar-refractivity contribution < 1.29 is 29.0 Å². The fourth-order valence-corrected chi connectivity index (χ4v) is 4.81. The Bertz CT molecular complexity index is 532. The zero-order valence-corrected chi connectivity index (χ0v) is 23.7. The van der Waals surface area contributed by atoms with Crippen LogP contribution in [0.2, 0.25) is 0 Å². The van der Waals surface area contributed by atoms with E-state index in [1.807, 2.05) is 0 Å². The summed E-state index contributed by atoms with van der Waals surface area (Å²) in [5.41, 5.74) is 0. The maximum absolute atomic E-state index is 11.4. The number of ether oxygens (including phenoxy) is 2. The Hall–Kier alpha value is -1.59. The standard InChI is InChI=1S/C30H56O6/c1-4-5-6-7-8-9-10-11-12-13-14-15-16-17-18-19-20-21-22-23-28(35-26(2)31)24-29(25-30(33)34)36-27(3)32/h28-29H,4-25H2,1-3H3,(H,33,34)/t28-,29-/m1/s1. The van der Waals surface area contributed by atoms with Gasteiger partial charge in [0, 0.05) is 20.3 Å². The van der Waals surface area contributed by atoms with Crippen LogP contribution in [0.25, 0.3) is 0 Å². The molecule has 0 amide bonds. The summed E-state index contributed by atoms with van der Waals surface area (Å²) < 4.78 is 10.5. The Morgan fingerprint density at radius 3 is 1.22 bits per heavy atom. The van der Waals surface area contributed by atoms with Crippen LogP contribution in [0, 0.1) is 0 Å². The van der Waals surface area contributed by atoms with Crippen molar-refractivity contribution in [1.82, 2.24) is 0 Å². The van der Waals surface area contributed by atoms with Crippen LogP contribution in [0.4, 0.5) is 0 Å². The molecule has 36 heavy (non-hydrogen) atoms. The van der Waals surface area contributed by atoms with Gasteiger partial charge in [-0.3, -0.25) is 14.4 Å². The summed E-state index contributed by atoms with van der Waals surface area (Å²) in [5, 5.41) is 9.04. The highest BCUT2D eigenvalue weighted by Gasteiger charge is 2.23. The number of carbonyl (C=O) groups excluding carboxylic acids is 2. The van der Waals surface area contributed by atoms with E-state index in [2.05, 4.69) is 6.92 Å². The van der Waals surface area contributed by atoms with Crippen LogP contribution >= 0.6 is 0 Å². The second kappa shape index (κ2) is 25.1. The third kappa shape index (κ3) is 25.5. The van der Waals surface area contributed by atoms with E-state index in [0.717, 1.165) is 19.3 Å². The molecule has 0 aromatic carbocycles. The second-order valence-electron chi connectivity index (χ2n) is 10.4. The van der Waals surface area contributed by atoms with Gasteiger partial charge in [-0.2, -0.15) is 0 Å². The van der Waals surface area contributed by atoms with Gasteiger partial charge in [0.2, 0.25) is 0 Å². The van der Waals surface area contributed by atoms with Gasteiger partial charge >= 0.3 is 17.9 Å². The topological polar surface area (TPSA) is 89.9 Å². The number of carboxylic acid groups (broad SMARTS) is 1. The fraction of sp³-hybridized carbons (Fsp3) is 0.900. The first-order valence-corrected chi connectivity index (χ1v) is 14.9. The number of carboxylic acids is 1. The summed E-state index contributed by atoms with van der Waals surface area (Å²) in [7, 11) is 0. The lowest BCUT2D eigenvalue weighted by molar-refractivity contribution is -0.155. The molecule has 0 fully saturated rings. The van der Waals surface area contributed by atoms with Crippen molar-refractivity contribution >= 4 is 17.9 Å². The van der Waals surface area contributed by atoms with Crippen LogP contribution in [0.15, 0.2) is 0 Å². The van der Waals surface area contributed by atoms with Crippen molar-refractivity contribution in [3.63, 3.8) is 0 Å². The van der Waals surface area contributed by atoms with E-state index in [1.54, 1.807) is 0 Å². The largest absolute Gasteiger partial charge is 0.481 e. The summed E-state index contributed by atoms with van der Waals surface area (Å²) >= 11 is 0. The van der Waals surface area contributed by atoms with Gasteiger partial charge in [-0.1, -0.05) is 122 Å². The van der Waals surface area contributed by atoms with Gasteiger partial charge in [-0.05, 0) is 12.8 Å². The average Bonchev–Trinajstić information content (AvgIpc) is 2.79. The molecule has 1 N–H and O–H groups in total. The van der Waals surface area contributed by atoms with Gasteiger partial charge in [0.25, 0.3) is 0 Å². The molecular formula is C30H56O6. The number of aliphatic carboxylic acids is 1. The van der Waals surface area contributed by atoms with Crippen molar-refractivity contribution in [3.8, 4) is 0 Å². The normalized spacial score (nSPS) is 12.8. The van der Waals surface area contributed by atoms with E-state index in [9.17, 15) is 14.4 Å². The molecule has 0 heterocycles. The summed E-state index contributed by atoms with van der Waals surface area (Å²) in [6.45, 7) is 4.88. The van der Waals surface area contributed by atoms with Crippen LogP contribution in [-0.4, -0.2) is 35.2 Å². The van der Waals surface area contributed by atoms with Gasteiger partial charge in [0.05, 0.1) is 6.42 Å². The van der Waals surface area contributed by atoms with E-state index in [1.165, 1.54) is 117 Å². The lowest BCUT2D eigenvalue weighted by Crippen LogP contribution is -2.28. The molecule has 6 heteroatoms. The predicted molar refractivity (Wildman–Crippen MR) is 146 cm³/mol. The lowest BCUT2D eigenvalue weighted by atomic mass is 10.0.